The van der Waals surface area contributed by atoms with Crippen LogP contribution in [0.2, 0.25) is 0 Å². The molecule has 176 valence electrons. The Hall–Kier alpha value is -3.12. The smallest absolute Gasteiger partial charge is 0.340 e. The van der Waals surface area contributed by atoms with E-state index in [1.165, 1.54) is 40.4 Å². The van der Waals surface area contributed by atoms with E-state index in [-0.39, 0.29) is 11.1 Å². The first-order chi connectivity index (χ1) is 14.8. The van der Waals surface area contributed by atoms with E-state index in [1.807, 2.05) is 0 Å². The van der Waals surface area contributed by atoms with Crippen LogP contribution in [0.1, 0.15) is 20.7 Å². The van der Waals surface area contributed by atoms with E-state index in [1.54, 1.807) is 36.4 Å². The molecule has 2 aromatic rings. The largest absolute Gasteiger partial charge is 0.465 e. The van der Waals surface area contributed by atoms with Gasteiger partial charge < -0.3 is 9.47 Å². The van der Waals surface area contributed by atoms with Gasteiger partial charge in [0.1, 0.15) is 0 Å². The molecule has 0 aliphatic heterocycles. The highest BCUT2D eigenvalue weighted by atomic mass is 32.2. The van der Waals surface area contributed by atoms with Crippen molar-refractivity contribution < 1.29 is 35.9 Å². The molecule has 0 spiro atoms. The number of ether oxygens (including phenoxy) is 2. The molecule has 0 amide bonds. The molecule has 0 bridgehead atoms. The van der Waals surface area contributed by atoms with Crippen LogP contribution < -0.4 is 8.61 Å². The van der Waals surface area contributed by atoms with E-state index in [0.29, 0.717) is 11.4 Å². The first kappa shape index (κ1) is 26.9. The summed E-state index contributed by atoms with van der Waals surface area (Å²) in [5.41, 5.74) is 1.05. The van der Waals surface area contributed by atoms with Crippen LogP contribution >= 0.6 is 0 Å². The number of carbonyl (C=O) groups is 2. The molecule has 0 aromatic heterocycles. The minimum atomic E-state index is -3.39. The molecule has 10 nitrogen and oxygen atoms in total. The summed E-state index contributed by atoms with van der Waals surface area (Å²) in [5, 5.41) is 0. The molecule has 0 radical (unpaired) electrons. The Morgan fingerprint density at radius 3 is 1.19 bits per heavy atom. The zero-order valence-corrected chi connectivity index (χ0v) is 20.2. The molecule has 0 aliphatic carbocycles. The molecule has 0 atom stereocenters. The summed E-state index contributed by atoms with van der Waals surface area (Å²) in [5.74, 6) is -1.13. The highest BCUT2D eigenvalue weighted by Crippen LogP contribution is 2.22. The van der Waals surface area contributed by atoms with Gasteiger partial charge in [-0.3, -0.25) is 8.61 Å². The van der Waals surface area contributed by atoms with Crippen LogP contribution in [0.15, 0.2) is 48.5 Å². The molecule has 12 heteroatoms. The Balaban J connectivity index is 0.000000320. The second-order valence-corrected chi connectivity index (χ2v) is 10.5. The van der Waals surface area contributed by atoms with E-state index < -0.39 is 32.0 Å². The Kier molecular flexibility index (Phi) is 9.21. The van der Waals surface area contributed by atoms with Crippen LogP contribution in [0.25, 0.3) is 0 Å². The van der Waals surface area contributed by atoms with Gasteiger partial charge in [0, 0.05) is 14.1 Å². The highest BCUT2D eigenvalue weighted by molar-refractivity contribution is 7.92. The predicted molar refractivity (Wildman–Crippen MR) is 122 cm³/mol. The number of anilines is 2. The van der Waals surface area contributed by atoms with Crippen molar-refractivity contribution >= 4 is 43.4 Å². The summed E-state index contributed by atoms with van der Waals surface area (Å²) in [6.45, 7) is 0. The first-order valence-corrected chi connectivity index (χ1v) is 12.7. The van der Waals surface area contributed by atoms with Crippen LogP contribution in [0.3, 0.4) is 0 Å². The number of hydrogen-bond donors (Lipinski definition) is 0. The second kappa shape index (κ2) is 11.0. The summed E-state index contributed by atoms with van der Waals surface area (Å²) >= 11 is 0. The third kappa shape index (κ3) is 6.95. The van der Waals surface area contributed by atoms with Gasteiger partial charge in [-0.2, -0.15) is 0 Å². The number of carbonyl (C=O) groups excluding carboxylic acids is 2. The molecule has 0 unspecified atom stereocenters. The maximum atomic E-state index is 11.4. The Morgan fingerprint density at radius 1 is 0.656 bits per heavy atom. The first-order valence-electron chi connectivity index (χ1n) is 8.98. The molecule has 2 rings (SSSR count). The summed E-state index contributed by atoms with van der Waals surface area (Å²) in [6.07, 6.45) is 2.14. The van der Waals surface area contributed by atoms with Crippen molar-refractivity contribution in [2.45, 2.75) is 0 Å². The molecule has 32 heavy (non-hydrogen) atoms. The molecule has 0 N–H and O–H groups in total. The van der Waals surface area contributed by atoms with Crippen molar-refractivity contribution in [2.24, 2.45) is 0 Å². The zero-order valence-electron chi connectivity index (χ0n) is 18.6. The SMILES string of the molecule is COC(=O)c1ccccc1N(C)S(C)(=O)=O.COC(=O)c1ccccc1N(C)S(C)(=O)=O. The van der Waals surface area contributed by atoms with Crippen molar-refractivity contribution in [3.05, 3.63) is 59.7 Å². The van der Waals surface area contributed by atoms with Gasteiger partial charge in [-0.05, 0) is 24.3 Å². The summed E-state index contributed by atoms with van der Waals surface area (Å²) in [6, 6.07) is 12.7. The van der Waals surface area contributed by atoms with Gasteiger partial charge in [0.05, 0.1) is 49.2 Å². The minimum Gasteiger partial charge on any atom is -0.465 e. The molecule has 0 aliphatic rings. The lowest BCUT2D eigenvalue weighted by Gasteiger charge is -2.18. The predicted octanol–water partition coefficient (Wildman–Crippen LogP) is 1.74. The van der Waals surface area contributed by atoms with E-state index in [0.717, 1.165) is 21.1 Å². The fourth-order valence-electron chi connectivity index (χ4n) is 2.42. The number of para-hydroxylation sites is 2. The topological polar surface area (TPSA) is 127 Å². The average molecular weight is 487 g/mol. The number of methoxy groups -OCH3 is 2. The molecule has 0 saturated heterocycles. The van der Waals surface area contributed by atoms with Crippen LogP contribution in [0, 0.1) is 0 Å². The lowest BCUT2D eigenvalue weighted by molar-refractivity contribution is 0.0592. The zero-order chi connectivity index (χ0) is 24.7. The molecular formula is C20H26N2O8S2. The van der Waals surface area contributed by atoms with E-state index in [9.17, 15) is 26.4 Å². The molecule has 0 saturated carbocycles. The molecule has 2 aromatic carbocycles. The Morgan fingerprint density at radius 2 is 0.938 bits per heavy atom. The van der Waals surface area contributed by atoms with Gasteiger partial charge in [0.15, 0.2) is 0 Å². The maximum Gasteiger partial charge on any atom is 0.340 e. The number of hydrogen-bond acceptors (Lipinski definition) is 8. The van der Waals surface area contributed by atoms with Gasteiger partial charge in [-0.1, -0.05) is 24.3 Å². The van der Waals surface area contributed by atoms with E-state index in [2.05, 4.69) is 9.47 Å². The molecular weight excluding hydrogens is 460 g/mol. The monoisotopic (exact) mass is 486 g/mol. The quantitative estimate of drug-likeness (QED) is 0.565. The number of esters is 2. The number of sulfonamides is 2. The van der Waals surface area contributed by atoms with Gasteiger partial charge >= 0.3 is 11.9 Å². The average Bonchev–Trinajstić information content (AvgIpc) is 2.76. The summed E-state index contributed by atoms with van der Waals surface area (Å²) in [7, 11) is -1.52. The lowest BCUT2D eigenvalue weighted by atomic mass is 10.2. The number of nitrogens with zero attached hydrogens (tertiary/aromatic N) is 2. The van der Waals surface area contributed by atoms with Crippen molar-refractivity contribution in [3.63, 3.8) is 0 Å². The van der Waals surface area contributed by atoms with Gasteiger partial charge in [0.2, 0.25) is 20.0 Å². The van der Waals surface area contributed by atoms with Crippen molar-refractivity contribution in [1.82, 2.24) is 0 Å². The van der Waals surface area contributed by atoms with Gasteiger partial charge in [0.25, 0.3) is 0 Å². The Labute approximate surface area is 188 Å². The molecule has 0 heterocycles. The summed E-state index contributed by atoms with van der Waals surface area (Å²) < 4.78 is 56.7. The lowest BCUT2D eigenvalue weighted by Crippen LogP contribution is -2.26. The maximum absolute atomic E-state index is 11.4. The number of rotatable bonds is 6. The minimum absolute atomic E-state index is 0.220. The van der Waals surface area contributed by atoms with Crippen LogP contribution in [-0.2, 0) is 29.5 Å². The van der Waals surface area contributed by atoms with Crippen LogP contribution in [-0.4, -0.2) is 69.6 Å². The normalized spacial score (nSPS) is 10.9. The van der Waals surface area contributed by atoms with Gasteiger partial charge in [-0.25, -0.2) is 26.4 Å². The third-order valence-corrected chi connectivity index (χ3v) is 6.68. The highest BCUT2D eigenvalue weighted by Gasteiger charge is 2.20. The standard InChI is InChI=1S/2C10H13NO4S/c2*1-11(16(3,13)14)9-7-5-4-6-8(9)10(12)15-2/h2*4-7H,1-3H3. The van der Waals surface area contributed by atoms with Crippen molar-refractivity contribution in [3.8, 4) is 0 Å². The van der Waals surface area contributed by atoms with Crippen LogP contribution in [0.5, 0.6) is 0 Å². The Bertz CT molecular complexity index is 1080. The second-order valence-electron chi connectivity index (χ2n) is 6.48. The van der Waals surface area contributed by atoms with Crippen LogP contribution in [0.4, 0.5) is 11.4 Å². The number of benzene rings is 2. The van der Waals surface area contributed by atoms with Crippen molar-refractivity contribution in [1.29, 1.82) is 0 Å². The van der Waals surface area contributed by atoms with Gasteiger partial charge in [-0.15, -0.1) is 0 Å². The molecule has 0 fully saturated rings. The fourth-order valence-corrected chi connectivity index (χ4v) is 3.45. The van der Waals surface area contributed by atoms with E-state index >= 15 is 0 Å². The fraction of sp³-hybridized carbons (Fsp3) is 0.300. The van der Waals surface area contributed by atoms with Crippen molar-refractivity contribution in [2.75, 3.05) is 49.4 Å². The third-order valence-electron chi connectivity index (χ3n) is 4.29. The summed E-state index contributed by atoms with van der Waals surface area (Å²) in [4.78, 5) is 22.8. The van der Waals surface area contributed by atoms with E-state index in [4.69, 9.17) is 0 Å².